The van der Waals surface area contributed by atoms with Gasteiger partial charge in [-0.25, -0.2) is 0 Å². The fraction of sp³-hybridized carbons (Fsp3) is 0.333. The van der Waals surface area contributed by atoms with Crippen LogP contribution in [0.25, 0.3) is 0 Å². The third kappa shape index (κ3) is 2.57. The first-order valence-electron chi connectivity index (χ1n) is 6.49. The van der Waals surface area contributed by atoms with E-state index < -0.39 is 0 Å². The molecular weight excluding hydrogens is 320 g/mol. The molecule has 1 unspecified atom stereocenters. The van der Waals surface area contributed by atoms with Gasteiger partial charge in [-0.15, -0.1) is 11.3 Å². The molecule has 2 aromatic rings. The van der Waals surface area contributed by atoms with Gasteiger partial charge >= 0.3 is 0 Å². The van der Waals surface area contributed by atoms with Crippen molar-refractivity contribution in [2.45, 2.75) is 25.9 Å². The summed E-state index contributed by atoms with van der Waals surface area (Å²) < 4.78 is 1.11. The molecule has 0 spiro atoms. The topological polar surface area (TPSA) is 29.3 Å². The third-order valence-corrected chi connectivity index (χ3v) is 5.59. The number of rotatable bonds is 2. The minimum atomic E-state index is 0.499. The van der Waals surface area contributed by atoms with Gasteiger partial charge in [0.15, 0.2) is 0 Å². The zero-order valence-corrected chi connectivity index (χ0v) is 13.3. The van der Waals surface area contributed by atoms with Crippen LogP contribution in [0.1, 0.15) is 29.0 Å². The molecule has 2 heterocycles. The Bertz CT molecular complexity index is 594. The minimum Gasteiger partial charge on any atom is -0.399 e. The van der Waals surface area contributed by atoms with Crippen molar-refractivity contribution in [2.75, 3.05) is 12.3 Å². The van der Waals surface area contributed by atoms with Gasteiger partial charge in [0, 0.05) is 34.2 Å². The molecule has 100 valence electrons. The number of halogens is 1. The first kappa shape index (κ1) is 13.2. The van der Waals surface area contributed by atoms with Crippen LogP contribution >= 0.6 is 27.3 Å². The summed E-state index contributed by atoms with van der Waals surface area (Å²) in [6, 6.07) is 8.86. The Morgan fingerprint density at radius 3 is 3.05 bits per heavy atom. The van der Waals surface area contributed by atoms with Crippen LogP contribution in [0.4, 0.5) is 5.69 Å². The van der Waals surface area contributed by atoms with E-state index in [0.29, 0.717) is 6.04 Å². The molecular formula is C15H17BrN2S. The van der Waals surface area contributed by atoms with Crippen LogP contribution in [0.3, 0.4) is 0 Å². The van der Waals surface area contributed by atoms with Crippen LogP contribution in [0, 0.1) is 0 Å². The summed E-state index contributed by atoms with van der Waals surface area (Å²) in [6.07, 6.45) is 1.17. The SMILES string of the molecule is CC1c2ccsc2CCN1Cc1ccc(N)cc1Br. The van der Waals surface area contributed by atoms with Crippen molar-refractivity contribution >= 4 is 33.0 Å². The molecule has 0 amide bonds. The molecule has 1 aliphatic rings. The third-order valence-electron chi connectivity index (χ3n) is 3.85. The lowest BCUT2D eigenvalue weighted by Gasteiger charge is -2.33. The van der Waals surface area contributed by atoms with Gasteiger partial charge in [-0.3, -0.25) is 4.90 Å². The molecule has 3 rings (SSSR count). The zero-order chi connectivity index (χ0) is 13.4. The Morgan fingerprint density at radius 1 is 1.42 bits per heavy atom. The van der Waals surface area contributed by atoms with Crippen LogP contribution in [-0.2, 0) is 13.0 Å². The quantitative estimate of drug-likeness (QED) is 0.832. The molecule has 1 aromatic heterocycles. The normalized spacial score (nSPS) is 19.4. The van der Waals surface area contributed by atoms with Crippen molar-refractivity contribution in [1.82, 2.24) is 4.90 Å². The Hall–Kier alpha value is -0.840. The molecule has 19 heavy (non-hydrogen) atoms. The molecule has 2 N–H and O–H groups in total. The Morgan fingerprint density at radius 2 is 2.26 bits per heavy atom. The number of nitrogens with zero attached hydrogens (tertiary/aromatic N) is 1. The van der Waals surface area contributed by atoms with Crippen molar-refractivity contribution < 1.29 is 0 Å². The Balaban J connectivity index is 1.81. The van der Waals surface area contributed by atoms with Gasteiger partial charge in [-0.05, 0) is 48.1 Å². The first-order chi connectivity index (χ1) is 9.15. The summed E-state index contributed by atoms with van der Waals surface area (Å²) >= 11 is 5.50. The van der Waals surface area contributed by atoms with Crippen LogP contribution in [-0.4, -0.2) is 11.4 Å². The van der Waals surface area contributed by atoms with Gasteiger partial charge in [0.25, 0.3) is 0 Å². The highest BCUT2D eigenvalue weighted by atomic mass is 79.9. The van der Waals surface area contributed by atoms with Crippen LogP contribution in [0.2, 0.25) is 0 Å². The van der Waals surface area contributed by atoms with Crippen LogP contribution in [0.15, 0.2) is 34.1 Å². The van der Waals surface area contributed by atoms with E-state index in [2.05, 4.69) is 45.3 Å². The van der Waals surface area contributed by atoms with E-state index in [4.69, 9.17) is 5.73 Å². The summed E-state index contributed by atoms with van der Waals surface area (Å²) in [5.41, 5.74) is 9.41. The van der Waals surface area contributed by atoms with Gasteiger partial charge in [0.1, 0.15) is 0 Å². The van der Waals surface area contributed by atoms with E-state index in [1.807, 2.05) is 23.5 Å². The number of nitrogen functional groups attached to an aromatic ring is 1. The average molecular weight is 337 g/mol. The summed E-state index contributed by atoms with van der Waals surface area (Å²) in [7, 11) is 0. The van der Waals surface area contributed by atoms with Crippen molar-refractivity contribution in [3.05, 3.63) is 50.1 Å². The fourth-order valence-corrected chi connectivity index (χ4v) is 4.17. The Labute approximate surface area is 126 Å². The number of anilines is 1. The zero-order valence-electron chi connectivity index (χ0n) is 10.9. The summed E-state index contributed by atoms with van der Waals surface area (Å²) in [5, 5.41) is 2.21. The second kappa shape index (κ2) is 5.27. The number of benzene rings is 1. The fourth-order valence-electron chi connectivity index (χ4n) is 2.69. The average Bonchev–Trinajstić information content (AvgIpc) is 2.85. The summed E-state index contributed by atoms with van der Waals surface area (Å²) in [4.78, 5) is 4.09. The molecule has 1 aliphatic heterocycles. The van der Waals surface area contributed by atoms with E-state index >= 15 is 0 Å². The van der Waals surface area contributed by atoms with E-state index in [0.717, 1.165) is 23.2 Å². The predicted octanol–water partition coefficient (Wildman–Crippen LogP) is 4.21. The molecule has 0 bridgehead atoms. The maximum atomic E-state index is 5.80. The highest BCUT2D eigenvalue weighted by molar-refractivity contribution is 9.10. The van der Waals surface area contributed by atoms with Crippen molar-refractivity contribution in [1.29, 1.82) is 0 Å². The molecule has 4 heteroatoms. The van der Waals surface area contributed by atoms with Crippen molar-refractivity contribution in [2.24, 2.45) is 0 Å². The van der Waals surface area contributed by atoms with Gasteiger partial charge < -0.3 is 5.73 Å². The molecule has 0 radical (unpaired) electrons. The number of nitrogens with two attached hydrogens (primary N) is 1. The summed E-state index contributed by atoms with van der Waals surface area (Å²) in [5.74, 6) is 0. The lowest BCUT2D eigenvalue weighted by atomic mass is 10.0. The highest BCUT2D eigenvalue weighted by Crippen LogP contribution is 2.34. The van der Waals surface area contributed by atoms with Gasteiger partial charge in [0.05, 0.1) is 0 Å². The molecule has 0 fully saturated rings. The lowest BCUT2D eigenvalue weighted by Crippen LogP contribution is -2.32. The standard InChI is InChI=1S/C15H17BrN2S/c1-10-13-5-7-19-15(13)4-6-18(10)9-11-2-3-12(17)8-14(11)16/h2-3,5,7-8,10H,4,6,9,17H2,1H3. The maximum Gasteiger partial charge on any atom is 0.0334 e. The Kier molecular flexibility index (Phi) is 3.65. The first-order valence-corrected chi connectivity index (χ1v) is 8.16. The molecule has 0 saturated carbocycles. The predicted molar refractivity (Wildman–Crippen MR) is 85.4 cm³/mol. The van der Waals surface area contributed by atoms with E-state index in [9.17, 15) is 0 Å². The molecule has 0 aliphatic carbocycles. The number of hydrogen-bond acceptors (Lipinski definition) is 3. The lowest BCUT2D eigenvalue weighted by molar-refractivity contribution is 0.191. The second-order valence-corrected chi connectivity index (χ2v) is 6.90. The smallest absolute Gasteiger partial charge is 0.0334 e. The van der Waals surface area contributed by atoms with Crippen LogP contribution in [0.5, 0.6) is 0 Å². The van der Waals surface area contributed by atoms with Gasteiger partial charge in [-0.1, -0.05) is 22.0 Å². The molecule has 1 atom stereocenters. The van der Waals surface area contributed by atoms with Crippen molar-refractivity contribution in [3.63, 3.8) is 0 Å². The molecule has 2 nitrogen and oxygen atoms in total. The molecule has 1 aromatic carbocycles. The van der Waals surface area contributed by atoms with E-state index in [1.54, 1.807) is 4.88 Å². The van der Waals surface area contributed by atoms with E-state index in [-0.39, 0.29) is 0 Å². The minimum absolute atomic E-state index is 0.499. The monoisotopic (exact) mass is 336 g/mol. The summed E-state index contributed by atoms with van der Waals surface area (Å²) in [6.45, 7) is 4.40. The van der Waals surface area contributed by atoms with Gasteiger partial charge in [-0.2, -0.15) is 0 Å². The van der Waals surface area contributed by atoms with Crippen molar-refractivity contribution in [3.8, 4) is 0 Å². The number of hydrogen-bond donors (Lipinski definition) is 1. The molecule has 0 saturated heterocycles. The highest BCUT2D eigenvalue weighted by Gasteiger charge is 2.24. The van der Waals surface area contributed by atoms with E-state index in [1.165, 1.54) is 17.5 Å². The second-order valence-electron chi connectivity index (χ2n) is 5.05. The largest absolute Gasteiger partial charge is 0.399 e. The number of thiophene rings is 1. The van der Waals surface area contributed by atoms with Crippen LogP contribution < -0.4 is 5.73 Å². The van der Waals surface area contributed by atoms with Gasteiger partial charge in [0.2, 0.25) is 0 Å². The number of fused-ring (bicyclic) bond motifs is 1. The maximum absolute atomic E-state index is 5.80.